The first-order valence-corrected chi connectivity index (χ1v) is 15.0. The summed E-state index contributed by atoms with van der Waals surface area (Å²) in [5.74, 6) is 0. The van der Waals surface area contributed by atoms with E-state index >= 15 is 0 Å². The van der Waals surface area contributed by atoms with Gasteiger partial charge in [0.2, 0.25) is 0 Å². The summed E-state index contributed by atoms with van der Waals surface area (Å²) in [6, 6.07) is 50.6. The molecule has 5 rings (SSSR count). The summed E-state index contributed by atoms with van der Waals surface area (Å²) in [5, 5.41) is 0. The van der Waals surface area contributed by atoms with Crippen LogP contribution in [0.2, 0.25) is 0 Å². The molecular formula is C30H23IS2. The van der Waals surface area contributed by atoms with E-state index in [1.54, 1.807) is 0 Å². The number of benzene rings is 5. The number of halogens is 1. The fourth-order valence-corrected chi connectivity index (χ4v) is 8.58. The van der Waals surface area contributed by atoms with Crippen LogP contribution in [0.15, 0.2) is 164 Å². The zero-order chi connectivity index (χ0) is 22.3. The second kappa shape index (κ2) is 11.1. The third-order valence-corrected chi connectivity index (χ3v) is 10.9. The molecule has 0 radical (unpaired) electrons. The van der Waals surface area contributed by atoms with Gasteiger partial charge < -0.3 is 0 Å². The van der Waals surface area contributed by atoms with Crippen LogP contribution in [0.5, 0.6) is 0 Å². The van der Waals surface area contributed by atoms with E-state index in [4.69, 9.17) is 0 Å². The van der Waals surface area contributed by atoms with Gasteiger partial charge >= 0.3 is 179 Å². The fourth-order valence-electron chi connectivity index (χ4n) is 3.47. The van der Waals surface area contributed by atoms with Crippen molar-refractivity contribution in [1.82, 2.24) is 0 Å². The van der Waals surface area contributed by atoms with Crippen LogP contribution >= 0.6 is 11.8 Å². The summed E-state index contributed by atoms with van der Waals surface area (Å²) in [6.45, 7) is 0. The van der Waals surface area contributed by atoms with Gasteiger partial charge in [0.15, 0.2) is 0 Å². The summed E-state index contributed by atoms with van der Waals surface area (Å²) in [4.78, 5) is 6.60. The van der Waals surface area contributed by atoms with Crippen LogP contribution in [0.1, 0.15) is 0 Å². The molecule has 3 heteroatoms. The van der Waals surface area contributed by atoms with Crippen LogP contribution in [-0.2, 0) is 10.9 Å². The molecule has 5 aromatic carbocycles. The third-order valence-electron chi connectivity index (χ3n) is 5.02. The molecule has 0 amide bonds. The predicted molar refractivity (Wildman–Crippen MR) is 136 cm³/mol. The van der Waals surface area contributed by atoms with E-state index in [-0.39, 0.29) is 32.1 Å². The van der Waals surface area contributed by atoms with Crippen LogP contribution in [-0.4, -0.2) is 0 Å². The average Bonchev–Trinajstić information content (AvgIpc) is 2.88. The summed E-state index contributed by atoms with van der Waals surface area (Å²) in [6.07, 6.45) is 0. The van der Waals surface area contributed by atoms with Crippen molar-refractivity contribution in [3.05, 3.63) is 147 Å². The molecule has 0 aliphatic carbocycles. The number of hydrogen-bond acceptors (Lipinski definition) is 1. The Morgan fingerprint density at radius 1 is 0.394 bits per heavy atom. The van der Waals surface area contributed by atoms with Crippen molar-refractivity contribution in [2.75, 3.05) is 0 Å². The first kappa shape index (κ1) is 22.3. The van der Waals surface area contributed by atoms with Crippen LogP contribution in [0, 0.1) is 7.14 Å². The van der Waals surface area contributed by atoms with E-state index in [0.717, 1.165) is 0 Å². The van der Waals surface area contributed by atoms with Gasteiger partial charge in [0, 0.05) is 0 Å². The Balaban J connectivity index is 1.32. The molecule has 0 saturated heterocycles. The van der Waals surface area contributed by atoms with E-state index in [0.29, 0.717) is 0 Å². The number of rotatable bonds is 7. The van der Waals surface area contributed by atoms with Crippen molar-refractivity contribution < 1.29 is 21.2 Å². The zero-order valence-electron chi connectivity index (χ0n) is 18.0. The maximum atomic E-state index is 2.29. The summed E-state index contributed by atoms with van der Waals surface area (Å²) in [5.41, 5.74) is 0. The van der Waals surface area contributed by atoms with Gasteiger partial charge in [0.05, 0.1) is 0 Å². The minimum atomic E-state index is -0.110. The van der Waals surface area contributed by atoms with Gasteiger partial charge in [-0.2, -0.15) is 0 Å². The van der Waals surface area contributed by atoms with Crippen LogP contribution < -0.4 is 21.2 Å². The van der Waals surface area contributed by atoms with E-state index in [1.165, 1.54) is 31.6 Å². The van der Waals surface area contributed by atoms with Gasteiger partial charge in [0.25, 0.3) is 0 Å². The molecule has 0 nitrogen and oxygen atoms in total. The van der Waals surface area contributed by atoms with E-state index in [2.05, 4.69) is 140 Å². The molecule has 0 aliphatic heterocycles. The molecule has 0 aliphatic rings. The Morgan fingerprint density at radius 2 is 0.788 bits per heavy atom. The van der Waals surface area contributed by atoms with Crippen LogP contribution in [0.25, 0.3) is 0 Å². The zero-order valence-corrected chi connectivity index (χ0v) is 21.8. The Morgan fingerprint density at radius 3 is 1.30 bits per heavy atom. The molecule has 0 atom stereocenters. The molecule has 0 bridgehead atoms. The molecule has 0 unspecified atom stereocenters. The van der Waals surface area contributed by atoms with E-state index in [9.17, 15) is 0 Å². The second-order valence-corrected chi connectivity index (χ2v) is 13.6. The van der Waals surface area contributed by atoms with Crippen molar-refractivity contribution in [2.24, 2.45) is 0 Å². The summed E-state index contributed by atoms with van der Waals surface area (Å²) < 4.78 is 2.91. The van der Waals surface area contributed by atoms with Gasteiger partial charge in [-0.15, -0.1) is 0 Å². The van der Waals surface area contributed by atoms with Gasteiger partial charge in [-0.05, 0) is 0 Å². The van der Waals surface area contributed by atoms with E-state index < -0.39 is 0 Å². The first-order chi connectivity index (χ1) is 16.3. The van der Waals surface area contributed by atoms with Gasteiger partial charge in [-0.1, -0.05) is 36.4 Å². The molecule has 162 valence electrons. The quantitative estimate of drug-likeness (QED) is 0.194. The summed E-state index contributed by atoms with van der Waals surface area (Å²) >= 11 is 1.72. The van der Waals surface area contributed by atoms with Crippen molar-refractivity contribution in [3.63, 3.8) is 0 Å². The van der Waals surface area contributed by atoms with Gasteiger partial charge in [-0.3, -0.25) is 0 Å². The van der Waals surface area contributed by atoms with Crippen molar-refractivity contribution >= 4 is 22.7 Å². The van der Waals surface area contributed by atoms with Crippen molar-refractivity contribution in [1.29, 1.82) is 0 Å². The van der Waals surface area contributed by atoms with Gasteiger partial charge in [-0.25, -0.2) is 0 Å². The Hall–Kier alpha value is -2.47. The van der Waals surface area contributed by atoms with E-state index in [1.807, 2.05) is 11.8 Å². The second-order valence-electron chi connectivity index (χ2n) is 7.35. The molecule has 0 fully saturated rings. The Kier molecular flexibility index (Phi) is 7.51. The third kappa shape index (κ3) is 5.91. The molecule has 5 aromatic rings. The molecule has 0 N–H and O–H groups in total. The maximum absolute atomic E-state index is 2.29. The topological polar surface area (TPSA) is 0 Å². The summed E-state index contributed by atoms with van der Waals surface area (Å²) in [7, 11) is -0.0976. The monoisotopic (exact) mass is 574 g/mol. The molecular weight excluding hydrogens is 551 g/mol. The fraction of sp³-hybridized carbons (Fsp3) is 0. The number of hydrogen-bond donors (Lipinski definition) is 0. The minimum absolute atomic E-state index is 0.0976. The Labute approximate surface area is 213 Å². The van der Waals surface area contributed by atoms with Crippen molar-refractivity contribution in [3.8, 4) is 0 Å². The van der Waals surface area contributed by atoms with Crippen LogP contribution in [0.4, 0.5) is 0 Å². The van der Waals surface area contributed by atoms with Crippen molar-refractivity contribution in [2.45, 2.75) is 24.5 Å². The molecule has 0 saturated carbocycles. The molecule has 0 spiro atoms. The molecule has 33 heavy (non-hydrogen) atoms. The van der Waals surface area contributed by atoms with Gasteiger partial charge in [0.1, 0.15) is 0 Å². The average molecular weight is 575 g/mol. The normalized spacial score (nSPS) is 11.1. The molecule has 0 aromatic heterocycles. The standard InChI is InChI=1S/C30H23IS2/c1-4-10-24(11-5-1)31-25-16-18-26(19-17-25)32-27-20-22-30(23-21-27)33(28-12-6-2-7-13-28)29-14-8-3-9-15-29/h1-23H. The predicted octanol–water partition coefficient (Wildman–Crippen LogP) is 5.06. The van der Waals surface area contributed by atoms with Crippen LogP contribution in [0.3, 0.4) is 0 Å². The molecule has 0 heterocycles. The Bertz CT molecular complexity index is 1230. The first-order valence-electron chi connectivity index (χ1n) is 10.8. The SMILES string of the molecule is c1ccc([I-]c2ccc(Sc3ccc([S+](c4ccccc4)c4ccccc4)cc3)cc2)cc1.